The van der Waals surface area contributed by atoms with Crippen LogP contribution in [-0.2, 0) is 13.1 Å². The molecule has 0 atom stereocenters. The van der Waals surface area contributed by atoms with Crippen LogP contribution in [0.25, 0.3) is 0 Å². The summed E-state index contributed by atoms with van der Waals surface area (Å²) in [4.78, 5) is 6.24. The molecule has 2 rings (SSSR count). The highest BCUT2D eigenvalue weighted by Crippen LogP contribution is 2.22. The fourth-order valence-corrected chi connectivity index (χ4v) is 2.51. The van der Waals surface area contributed by atoms with E-state index in [-0.39, 0.29) is 5.82 Å². The highest BCUT2D eigenvalue weighted by molar-refractivity contribution is 9.10. The molecule has 0 bridgehead atoms. The van der Waals surface area contributed by atoms with Gasteiger partial charge in [0.05, 0.1) is 6.20 Å². The number of halogens is 2. The van der Waals surface area contributed by atoms with Crippen LogP contribution in [0.3, 0.4) is 0 Å². The van der Waals surface area contributed by atoms with E-state index < -0.39 is 0 Å². The first-order valence-corrected chi connectivity index (χ1v) is 7.14. The molecule has 0 saturated heterocycles. The molecule has 0 radical (unpaired) electrons. The van der Waals surface area contributed by atoms with Gasteiger partial charge in [-0.25, -0.2) is 9.37 Å². The van der Waals surface area contributed by atoms with Gasteiger partial charge in [0.2, 0.25) is 0 Å². The molecule has 106 valence electrons. The van der Waals surface area contributed by atoms with E-state index in [1.54, 1.807) is 0 Å². The molecule has 0 aliphatic carbocycles. The molecule has 5 heteroatoms. The molecule has 1 heterocycles. The summed E-state index contributed by atoms with van der Waals surface area (Å²) in [5.74, 6) is 0.477. The van der Waals surface area contributed by atoms with Gasteiger partial charge in [-0.3, -0.25) is 0 Å². The van der Waals surface area contributed by atoms with Gasteiger partial charge in [0.1, 0.15) is 11.6 Å². The van der Waals surface area contributed by atoms with Crippen LogP contribution in [0.5, 0.6) is 0 Å². The highest BCUT2D eigenvalue weighted by atomic mass is 79.9. The van der Waals surface area contributed by atoms with E-state index in [9.17, 15) is 4.39 Å². The predicted octanol–water partition coefficient (Wildman–Crippen LogP) is 3.34. The Morgan fingerprint density at radius 1 is 1.30 bits per heavy atom. The van der Waals surface area contributed by atoms with Crippen LogP contribution in [0.2, 0.25) is 0 Å². The van der Waals surface area contributed by atoms with Crippen LogP contribution < -0.4 is 10.2 Å². The molecule has 0 aliphatic rings. The Labute approximate surface area is 127 Å². The Hall–Kier alpha value is -1.46. The van der Waals surface area contributed by atoms with Gasteiger partial charge in [-0.1, -0.05) is 34.1 Å². The Kier molecular flexibility index (Phi) is 5.09. The molecule has 1 aromatic carbocycles. The standard InChI is InChI=1S/C15H17BrFN3/c1-18-8-12-7-13(17)9-19-15(12)20(2)10-11-5-3-4-6-14(11)16/h3-7,9,18H,8,10H2,1-2H3. The number of hydrogen-bond acceptors (Lipinski definition) is 3. The fraction of sp³-hybridized carbons (Fsp3) is 0.267. The maximum Gasteiger partial charge on any atom is 0.141 e. The van der Waals surface area contributed by atoms with Gasteiger partial charge in [-0.15, -0.1) is 0 Å². The molecule has 20 heavy (non-hydrogen) atoms. The molecule has 0 unspecified atom stereocenters. The maximum absolute atomic E-state index is 13.3. The summed E-state index contributed by atoms with van der Waals surface area (Å²) < 4.78 is 14.4. The maximum atomic E-state index is 13.3. The van der Waals surface area contributed by atoms with Crippen molar-refractivity contribution in [3.05, 3.63) is 57.9 Å². The Morgan fingerprint density at radius 2 is 2.05 bits per heavy atom. The second-order valence-electron chi connectivity index (χ2n) is 4.61. The minimum atomic E-state index is -0.312. The van der Waals surface area contributed by atoms with Gasteiger partial charge in [-0.05, 0) is 24.7 Å². The van der Waals surface area contributed by atoms with E-state index in [0.29, 0.717) is 13.1 Å². The highest BCUT2D eigenvalue weighted by Gasteiger charge is 2.11. The van der Waals surface area contributed by atoms with Crippen LogP contribution >= 0.6 is 15.9 Å². The summed E-state index contributed by atoms with van der Waals surface area (Å²) >= 11 is 3.54. The second-order valence-corrected chi connectivity index (χ2v) is 5.47. The molecule has 1 N–H and O–H groups in total. The SMILES string of the molecule is CNCc1cc(F)cnc1N(C)Cc1ccccc1Br. The van der Waals surface area contributed by atoms with Crippen molar-refractivity contribution in [2.75, 3.05) is 19.0 Å². The molecule has 0 spiro atoms. The van der Waals surface area contributed by atoms with Gasteiger partial charge in [0, 0.05) is 30.2 Å². The molecule has 0 amide bonds. The number of rotatable bonds is 5. The third kappa shape index (κ3) is 3.55. The molecular weight excluding hydrogens is 321 g/mol. The minimum absolute atomic E-state index is 0.312. The van der Waals surface area contributed by atoms with Gasteiger partial charge in [0.25, 0.3) is 0 Å². The van der Waals surface area contributed by atoms with Gasteiger partial charge in [-0.2, -0.15) is 0 Å². The van der Waals surface area contributed by atoms with E-state index in [0.717, 1.165) is 21.4 Å². The average molecular weight is 338 g/mol. The summed E-state index contributed by atoms with van der Waals surface area (Å²) in [5.41, 5.74) is 2.01. The zero-order chi connectivity index (χ0) is 14.5. The zero-order valence-electron chi connectivity index (χ0n) is 11.5. The van der Waals surface area contributed by atoms with Crippen molar-refractivity contribution in [1.29, 1.82) is 0 Å². The van der Waals surface area contributed by atoms with Gasteiger partial charge < -0.3 is 10.2 Å². The normalized spacial score (nSPS) is 10.6. The van der Waals surface area contributed by atoms with Gasteiger partial charge in [0.15, 0.2) is 0 Å². The molecular formula is C15H17BrFN3. The van der Waals surface area contributed by atoms with E-state index in [1.807, 2.05) is 37.2 Å². The molecule has 0 aliphatic heterocycles. The first kappa shape index (κ1) is 14.9. The molecule has 1 aromatic heterocycles. The summed E-state index contributed by atoms with van der Waals surface area (Å²) in [5, 5.41) is 3.04. The second kappa shape index (κ2) is 6.81. The van der Waals surface area contributed by atoms with Crippen molar-refractivity contribution in [2.24, 2.45) is 0 Å². The third-order valence-corrected chi connectivity index (χ3v) is 3.78. The number of nitrogens with one attached hydrogen (secondary N) is 1. The van der Waals surface area contributed by atoms with Crippen molar-refractivity contribution < 1.29 is 4.39 Å². The number of pyridine rings is 1. The first-order valence-electron chi connectivity index (χ1n) is 6.35. The van der Waals surface area contributed by atoms with E-state index in [4.69, 9.17) is 0 Å². The van der Waals surface area contributed by atoms with Crippen molar-refractivity contribution in [3.8, 4) is 0 Å². The summed E-state index contributed by atoms with van der Waals surface area (Å²) in [7, 11) is 3.79. The number of benzene rings is 1. The smallest absolute Gasteiger partial charge is 0.141 e. The summed E-state index contributed by atoms with van der Waals surface area (Å²) in [6.07, 6.45) is 1.25. The Balaban J connectivity index is 2.25. The van der Waals surface area contributed by atoms with Crippen molar-refractivity contribution in [2.45, 2.75) is 13.1 Å². The third-order valence-electron chi connectivity index (χ3n) is 3.00. The van der Waals surface area contributed by atoms with Crippen LogP contribution in [0.15, 0.2) is 41.0 Å². The lowest BCUT2D eigenvalue weighted by atomic mass is 10.2. The van der Waals surface area contributed by atoms with Crippen molar-refractivity contribution in [1.82, 2.24) is 10.3 Å². The van der Waals surface area contributed by atoms with Crippen LogP contribution in [0.1, 0.15) is 11.1 Å². The van der Waals surface area contributed by atoms with Crippen LogP contribution in [0.4, 0.5) is 10.2 Å². The molecule has 3 nitrogen and oxygen atoms in total. The lowest BCUT2D eigenvalue weighted by Crippen LogP contribution is -2.21. The number of nitrogens with zero attached hydrogens (tertiary/aromatic N) is 2. The molecule has 0 fully saturated rings. The Morgan fingerprint density at radius 3 is 2.75 bits per heavy atom. The molecule has 0 saturated carbocycles. The topological polar surface area (TPSA) is 28.2 Å². The first-order chi connectivity index (χ1) is 9.61. The van der Waals surface area contributed by atoms with Crippen LogP contribution in [-0.4, -0.2) is 19.1 Å². The van der Waals surface area contributed by atoms with E-state index >= 15 is 0 Å². The molecule has 2 aromatic rings. The lowest BCUT2D eigenvalue weighted by molar-refractivity contribution is 0.615. The fourth-order valence-electron chi connectivity index (χ4n) is 2.10. The van der Waals surface area contributed by atoms with E-state index in [2.05, 4.69) is 32.3 Å². The van der Waals surface area contributed by atoms with E-state index in [1.165, 1.54) is 12.3 Å². The monoisotopic (exact) mass is 337 g/mol. The van der Waals surface area contributed by atoms with Crippen molar-refractivity contribution >= 4 is 21.7 Å². The summed E-state index contributed by atoms with van der Waals surface area (Å²) in [6.45, 7) is 1.29. The minimum Gasteiger partial charge on any atom is -0.355 e. The predicted molar refractivity (Wildman–Crippen MR) is 83.2 cm³/mol. The van der Waals surface area contributed by atoms with Crippen LogP contribution in [0, 0.1) is 5.82 Å². The zero-order valence-corrected chi connectivity index (χ0v) is 13.1. The quantitative estimate of drug-likeness (QED) is 0.906. The average Bonchev–Trinajstić information content (AvgIpc) is 2.42. The lowest BCUT2D eigenvalue weighted by Gasteiger charge is -2.22. The Bertz CT molecular complexity index is 589. The number of anilines is 1. The number of aromatic nitrogens is 1. The largest absolute Gasteiger partial charge is 0.355 e. The van der Waals surface area contributed by atoms with Gasteiger partial charge >= 0.3 is 0 Å². The number of hydrogen-bond donors (Lipinski definition) is 1. The van der Waals surface area contributed by atoms with Crippen molar-refractivity contribution in [3.63, 3.8) is 0 Å². The summed E-state index contributed by atoms with van der Waals surface area (Å²) in [6, 6.07) is 9.57.